The lowest BCUT2D eigenvalue weighted by Crippen LogP contribution is -1.93. The van der Waals surface area contributed by atoms with Crippen LogP contribution in [0, 0.1) is 25.2 Å². The lowest BCUT2D eigenvalue weighted by molar-refractivity contribution is 0.810. The number of hydrogen-bond donors (Lipinski definition) is 0. The predicted molar refractivity (Wildman–Crippen MR) is 75.7 cm³/mol. The van der Waals surface area contributed by atoms with Gasteiger partial charge in [-0.3, -0.25) is 0 Å². The fourth-order valence-corrected chi connectivity index (χ4v) is 2.85. The fourth-order valence-electron chi connectivity index (χ4n) is 1.90. The van der Waals surface area contributed by atoms with E-state index in [0.29, 0.717) is 0 Å². The molecule has 0 saturated carbocycles. The predicted octanol–water partition coefficient (Wildman–Crippen LogP) is 4.44. The SMILES string of the molecule is CCC(C#N)c1nc(-c2cc(C)ccc2C)cs1. The van der Waals surface area contributed by atoms with E-state index in [1.54, 1.807) is 11.3 Å². The van der Waals surface area contributed by atoms with Crippen molar-refractivity contribution in [3.8, 4) is 17.3 Å². The standard InChI is InChI=1S/C15H16N2S/c1-4-12(8-16)15-17-14(9-18-15)13-7-10(2)5-6-11(13)3/h5-7,9,12H,4H2,1-3H3. The van der Waals surface area contributed by atoms with Crippen LogP contribution in [0.2, 0.25) is 0 Å². The minimum absolute atomic E-state index is 0.0751. The minimum Gasteiger partial charge on any atom is -0.240 e. The number of rotatable bonds is 3. The van der Waals surface area contributed by atoms with Crippen molar-refractivity contribution in [1.29, 1.82) is 5.26 Å². The number of thiazole rings is 1. The normalized spacial score (nSPS) is 12.1. The maximum Gasteiger partial charge on any atom is 0.110 e. The zero-order valence-electron chi connectivity index (χ0n) is 10.9. The molecule has 0 amide bonds. The summed E-state index contributed by atoms with van der Waals surface area (Å²) in [6.45, 7) is 6.20. The summed E-state index contributed by atoms with van der Waals surface area (Å²) in [6.07, 6.45) is 0.816. The molecule has 0 saturated heterocycles. The smallest absolute Gasteiger partial charge is 0.110 e. The van der Waals surface area contributed by atoms with Gasteiger partial charge in [-0.2, -0.15) is 5.26 Å². The molecule has 0 bridgehead atoms. The second-order valence-corrected chi connectivity index (χ2v) is 5.37. The van der Waals surface area contributed by atoms with Crippen LogP contribution in [0.4, 0.5) is 0 Å². The molecule has 1 heterocycles. The molecule has 18 heavy (non-hydrogen) atoms. The van der Waals surface area contributed by atoms with Crippen LogP contribution in [0.3, 0.4) is 0 Å². The molecule has 1 aromatic carbocycles. The van der Waals surface area contributed by atoms with E-state index < -0.39 is 0 Å². The number of aryl methyl sites for hydroxylation is 2. The van der Waals surface area contributed by atoms with Crippen molar-refractivity contribution in [2.24, 2.45) is 0 Å². The topological polar surface area (TPSA) is 36.7 Å². The molecule has 2 nitrogen and oxygen atoms in total. The second-order valence-electron chi connectivity index (χ2n) is 4.48. The summed E-state index contributed by atoms with van der Waals surface area (Å²) in [4.78, 5) is 4.62. The number of nitrogens with zero attached hydrogens (tertiary/aromatic N) is 2. The third kappa shape index (κ3) is 2.44. The van der Waals surface area contributed by atoms with Crippen molar-refractivity contribution in [3.63, 3.8) is 0 Å². The highest BCUT2D eigenvalue weighted by atomic mass is 32.1. The molecule has 0 N–H and O–H groups in total. The Kier molecular flexibility index (Phi) is 3.78. The van der Waals surface area contributed by atoms with Gasteiger partial charge in [0.05, 0.1) is 17.7 Å². The summed E-state index contributed by atoms with van der Waals surface area (Å²) in [5.41, 5.74) is 4.62. The van der Waals surface area contributed by atoms with E-state index in [1.807, 2.05) is 6.92 Å². The van der Waals surface area contributed by atoms with Crippen LogP contribution in [-0.4, -0.2) is 4.98 Å². The molecule has 0 aliphatic rings. The molecule has 0 fully saturated rings. The molecule has 1 unspecified atom stereocenters. The highest BCUT2D eigenvalue weighted by Gasteiger charge is 2.14. The van der Waals surface area contributed by atoms with Gasteiger partial charge in [0, 0.05) is 10.9 Å². The molecule has 0 aliphatic heterocycles. The molecular weight excluding hydrogens is 240 g/mol. The van der Waals surface area contributed by atoms with E-state index in [9.17, 15) is 0 Å². The van der Waals surface area contributed by atoms with Crippen molar-refractivity contribution in [2.45, 2.75) is 33.1 Å². The van der Waals surface area contributed by atoms with E-state index in [0.717, 1.165) is 17.1 Å². The summed E-state index contributed by atoms with van der Waals surface area (Å²) < 4.78 is 0. The summed E-state index contributed by atoms with van der Waals surface area (Å²) in [5, 5.41) is 12.1. The van der Waals surface area contributed by atoms with Gasteiger partial charge >= 0.3 is 0 Å². The lowest BCUT2D eigenvalue weighted by atomic mass is 10.0. The Labute approximate surface area is 112 Å². The molecule has 92 valence electrons. The van der Waals surface area contributed by atoms with Gasteiger partial charge in [0.25, 0.3) is 0 Å². The Morgan fingerprint density at radius 3 is 2.83 bits per heavy atom. The van der Waals surface area contributed by atoms with Crippen LogP contribution in [0.5, 0.6) is 0 Å². The minimum atomic E-state index is -0.0751. The Hall–Kier alpha value is -1.66. The van der Waals surface area contributed by atoms with Gasteiger partial charge in [0.2, 0.25) is 0 Å². The Morgan fingerprint density at radius 1 is 1.39 bits per heavy atom. The van der Waals surface area contributed by atoms with E-state index in [1.165, 1.54) is 16.7 Å². The number of hydrogen-bond acceptors (Lipinski definition) is 3. The quantitative estimate of drug-likeness (QED) is 0.813. The van der Waals surface area contributed by atoms with Crippen molar-refractivity contribution >= 4 is 11.3 Å². The average molecular weight is 256 g/mol. The van der Waals surface area contributed by atoms with Crippen LogP contribution in [0.1, 0.15) is 35.4 Å². The Morgan fingerprint density at radius 2 is 2.17 bits per heavy atom. The first-order chi connectivity index (χ1) is 8.65. The average Bonchev–Trinajstić information content (AvgIpc) is 2.83. The van der Waals surface area contributed by atoms with Crippen molar-refractivity contribution in [3.05, 3.63) is 39.7 Å². The summed E-state index contributed by atoms with van der Waals surface area (Å²) in [6, 6.07) is 8.68. The van der Waals surface area contributed by atoms with Gasteiger partial charge < -0.3 is 0 Å². The molecule has 2 aromatic rings. The zero-order valence-corrected chi connectivity index (χ0v) is 11.7. The van der Waals surface area contributed by atoms with E-state index in [2.05, 4.69) is 48.5 Å². The third-order valence-corrected chi connectivity index (χ3v) is 4.01. The first-order valence-corrected chi connectivity index (χ1v) is 6.96. The maximum atomic E-state index is 9.07. The van der Waals surface area contributed by atoms with Gasteiger partial charge in [-0.15, -0.1) is 11.3 Å². The molecule has 2 rings (SSSR count). The zero-order chi connectivity index (χ0) is 13.1. The molecule has 1 atom stereocenters. The van der Waals surface area contributed by atoms with Crippen LogP contribution in [0.25, 0.3) is 11.3 Å². The van der Waals surface area contributed by atoms with Gasteiger partial charge in [-0.1, -0.05) is 24.6 Å². The van der Waals surface area contributed by atoms with Gasteiger partial charge in [0.15, 0.2) is 0 Å². The lowest BCUT2D eigenvalue weighted by Gasteiger charge is -2.04. The van der Waals surface area contributed by atoms with Crippen LogP contribution >= 0.6 is 11.3 Å². The Bertz CT molecular complexity index is 593. The number of aromatic nitrogens is 1. The molecular formula is C15H16N2S. The fraction of sp³-hybridized carbons (Fsp3) is 0.333. The van der Waals surface area contributed by atoms with Crippen molar-refractivity contribution in [1.82, 2.24) is 4.98 Å². The molecule has 0 aliphatic carbocycles. The second kappa shape index (κ2) is 5.32. The number of nitriles is 1. The van der Waals surface area contributed by atoms with Crippen molar-refractivity contribution < 1.29 is 0 Å². The van der Waals surface area contributed by atoms with Crippen LogP contribution < -0.4 is 0 Å². The highest BCUT2D eigenvalue weighted by Crippen LogP contribution is 2.30. The molecule has 3 heteroatoms. The van der Waals surface area contributed by atoms with Crippen LogP contribution in [-0.2, 0) is 0 Å². The van der Waals surface area contributed by atoms with E-state index in [4.69, 9.17) is 5.26 Å². The maximum absolute atomic E-state index is 9.07. The first kappa shape index (κ1) is 12.8. The summed E-state index contributed by atoms with van der Waals surface area (Å²) in [7, 11) is 0. The molecule has 1 aromatic heterocycles. The van der Waals surface area contributed by atoms with E-state index >= 15 is 0 Å². The van der Waals surface area contributed by atoms with Gasteiger partial charge in [-0.05, 0) is 31.9 Å². The molecule has 0 radical (unpaired) electrons. The monoisotopic (exact) mass is 256 g/mol. The summed E-state index contributed by atoms with van der Waals surface area (Å²) >= 11 is 1.58. The largest absolute Gasteiger partial charge is 0.240 e. The first-order valence-electron chi connectivity index (χ1n) is 6.08. The van der Waals surface area contributed by atoms with Crippen molar-refractivity contribution in [2.75, 3.05) is 0 Å². The van der Waals surface area contributed by atoms with Crippen LogP contribution in [0.15, 0.2) is 23.6 Å². The van der Waals surface area contributed by atoms with Gasteiger partial charge in [-0.25, -0.2) is 4.98 Å². The number of benzene rings is 1. The van der Waals surface area contributed by atoms with Gasteiger partial charge in [0.1, 0.15) is 5.01 Å². The Balaban J connectivity index is 2.41. The third-order valence-electron chi connectivity index (χ3n) is 3.05. The molecule has 0 spiro atoms. The highest BCUT2D eigenvalue weighted by molar-refractivity contribution is 7.10. The summed E-state index contributed by atoms with van der Waals surface area (Å²) in [5.74, 6) is -0.0751. The van der Waals surface area contributed by atoms with E-state index in [-0.39, 0.29) is 5.92 Å².